The van der Waals surface area contributed by atoms with Crippen molar-refractivity contribution in [3.8, 4) is 0 Å². The van der Waals surface area contributed by atoms with Crippen LogP contribution in [0.5, 0.6) is 0 Å². The summed E-state index contributed by atoms with van der Waals surface area (Å²) >= 11 is -0.947. The van der Waals surface area contributed by atoms with E-state index in [4.69, 9.17) is 5.11 Å². The highest BCUT2D eigenvalue weighted by Gasteiger charge is 2.53. The largest absolute Gasteiger partial charge is 0.480 e. The van der Waals surface area contributed by atoms with E-state index in [0.717, 1.165) is 19.1 Å². The molecule has 0 aromatic heterocycles. The van der Waals surface area contributed by atoms with Crippen molar-refractivity contribution in [2.24, 2.45) is 0 Å². The first kappa shape index (κ1) is 16.5. The van der Waals surface area contributed by atoms with Crippen LogP contribution >= 0.6 is 11.8 Å². The second-order valence-electron chi connectivity index (χ2n) is 3.84. The average Bonchev–Trinajstić information content (AvgIpc) is 2.34. The fourth-order valence-corrected chi connectivity index (χ4v) is 2.46. The van der Waals surface area contributed by atoms with Gasteiger partial charge in [0.25, 0.3) is 0 Å². The van der Waals surface area contributed by atoms with Crippen LogP contribution in [-0.2, 0) is 4.79 Å². The van der Waals surface area contributed by atoms with Gasteiger partial charge in [-0.25, -0.2) is 4.39 Å². The number of carbonyl (C=O) groups excluding carboxylic acids is 1. The van der Waals surface area contributed by atoms with Gasteiger partial charge in [0.05, 0.1) is 5.56 Å². The van der Waals surface area contributed by atoms with E-state index in [0.29, 0.717) is 0 Å². The van der Waals surface area contributed by atoms with Crippen LogP contribution in [0.1, 0.15) is 23.7 Å². The zero-order valence-electron chi connectivity index (χ0n) is 10.2. The summed E-state index contributed by atoms with van der Waals surface area (Å²) in [4.78, 5) is 23.3. The van der Waals surface area contributed by atoms with Crippen LogP contribution < -0.4 is 0 Å². The molecule has 0 aliphatic rings. The summed E-state index contributed by atoms with van der Waals surface area (Å²) in [5, 5.41) is 9.05. The first-order chi connectivity index (χ1) is 9.14. The van der Waals surface area contributed by atoms with Gasteiger partial charge in [-0.2, -0.15) is 13.2 Å². The lowest BCUT2D eigenvalue weighted by Gasteiger charge is -2.26. The molecular weight excluding hydrogens is 300 g/mol. The molecule has 0 bridgehead atoms. The molecule has 0 heterocycles. The molecule has 0 amide bonds. The number of rotatable bonds is 5. The van der Waals surface area contributed by atoms with Gasteiger partial charge >= 0.3 is 11.5 Å². The molecule has 0 aliphatic carbocycles. The minimum absolute atomic E-state index is 0.625. The SMILES string of the molecule is CCC(SC(F)(F)F)(C(=O)O)C(=O)c1ccccc1F. The number of Topliss-reactive ketones (excluding diaryl/α,β-unsaturated/α-hetero) is 1. The molecule has 0 fully saturated rings. The van der Waals surface area contributed by atoms with Crippen LogP contribution in [0.4, 0.5) is 17.6 Å². The predicted octanol–water partition coefficient (Wildman–Crippen LogP) is 3.49. The minimum atomic E-state index is -4.94. The predicted molar refractivity (Wildman–Crippen MR) is 65.0 cm³/mol. The van der Waals surface area contributed by atoms with Crippen molar-refractivity contribution in [2.45, 2.75) is 23.6 Å². The quantitative estimate of drug-likeness (QED) is 0.514. The standard InChI is InChI=1S/C12H10F4O3S/c1-2-11(10(18)19,20-12(14,15)16)9(17)7-5-3-4-6-8(7)13/h3-6H,2H2,1H3,(H,18,19). The van der Waals surface area contributed by atoms with Crippen molar-refractivity contribution >= 4 is 23.5 Å². The minimum Gasteiger partial charge on any atom is -0.480 e. The number of carboxylic acids is 1. The summed E-state index contributed by atoms with van der Waals surface area (Å²) in [6, 6.07) is 4.34. The molecule has 0 spiro atoms. The number of aliphatic carboxylic acids is 1. The third-order valence-electron chi connectivity index (χ3n) is 2.62. The smallest absolute Gasteiger partial charge is 0.443 e. The van der Waals surface area contributed by atoms with Gasteiger partial charge in [-0.15, -0.1) is 0 Å². The molecule has 3 nitrogen and oxygen atoms in total. The Bertz CT molecular complexity index is 530. The molecule has 0 radical (unpaired) electrons. The van der Waals surface area contributed by atoms with E-state index in [1.54, 1.807) is 0 Å². The van der Waals surface area contributed by atoms with Crippen molar-refractivity contribution in [2.75, 3.05) is 0 Å². The number of carbonyl (C=O) groups is 2. The number of carboxylic acid groups (broad SMARTS) is 1. The van der Waals surface area contributed by atoms with Crippen molar-refractivity contribution in [3.63, 3.8) is 0 Å². The van der Waals surface area contributed by atoms with Gasteiger partial charge < -0.3 is 5.11 Å². The lowest BCUT2D eigenvalue weighted by molar-refractivity contribution is -0.139. The first-order valence-corrected chi connectivity index (χ1v) is 6.25. The Kier molecular flexibility index (Phi) is 4.80. The highest BCUT2D eigenvalue weighted by atomic mass is 32.2. The number of hydrogen-bond donors (Lipinski definition) is 1. The first-order valence-electron chi connectivity index (χ1n) is 5.43. The van der Waals surface area contributed by atoms with Crippen molar-refractivity contribution in [1.82, 2.24) is 0 Å². The zero-order valence-corrected chi connectivity index (χ0v) is 11.0. The van der Waals surface area contributed by atoms with Crippen molar-refractivity contribution in [1.29, 1.82) is 0 Å². The topological polar surface area (TPSA) is 54.4 Å². The molecule has 0 saturated carbocycles. The van der Waals surface area contributed by atoms with E-state index in [1.807, 2.05) is 0 Å². The van der Waals surface area contributed by atoms with Gasteiger partial charge in [0.2, 0.25) is 0 Å². The highest BCUT2D eigenvalue weighted by Crippen LogP contribution is 2.44. The normalized spacial score (nSPS) is 14.7. The third kappa shape index (κ3) is 3.30. The molecule has 1 unspecified atom stereocenters. The van der Waals surface area contributed by atoms with E-state index >= 15 is 0 Å². The monoisotopic (exact) mass is 310 g/mol. The second kappa shape index (κ2) is 5.82. The Morgan fingerprint density at radius 2 is 1.80 bits per heavy atom. The average molecular weight is 310 g/mol. The van der Waals surface area contributed by atoms with Crippen molar-refractivity contribution < 1.29 is 32.3 Å². The number of hydrogen-bond acceptors (Lipinski definition) is 3. The number of alkyl halides is 3. The van der Waals surface area contributed by atoms with Crippen molar-refractivity contribution in [3.05, 3.63) is 35.6 Å². The van der Waals surface area contributed by atoms with E-state index in [-0.39, 0.29) is 0 Å². The van der Waals surface area contributed by atoms with Gasteiger partial charge in [-0.1, -0.05) is 19.1 Å². The maximum absolute atomic E-state index is 13.5. The van der Waals surface area contributed by atoms with Crippen LogP contribution in [0.15, 0.2) is 24.3 Å². The molecule has 8 heteroatoms. The maximum atomic E-state index is 13.5. The van der Waals surface area contributed by atoms with Gasteiger partial charge in [-0.3, -0.25) is 9.59 Å². The number of ketones is 1. The molecule has 1 N–H and O–H groups in total. The van der Waals surface area contributed by atoms with E-state index in [9.17, 15) is 27.2 Å². The number of halogens is 4. The highest BCUT2D eigenvalue weighted by molar-refractivity contribution is 8.03. The Labute approximate surface area is 116 Å². The molecule has 1 aromatic carbocycles. The molecular formula is C12H10F4O3S. The summed E-state index contributed by atoms with van der Waals surface area (Å²) in [5.74, 6) is -4.41. The van der Waals surface area contributed by atoms with Crippen LogP contribution in [0.25, 0.3) is 0 Å². The molecule has 0 saturated heterocycles. The van der Waals surface area contributed by atoms with Gasteiger partial charge in [0.15, 0.2) is 10.5 Å². The summed E-state index contributed by atoms with van der Waals surface area (Å²) in [5.41, 5.74) is -5.61. The van der Waals surface area contributed by atoms with Crippen LogP contribution in [0.3, 0.4) is 0 Å². The van der Waals surface area contributed by atoms with E-state index in [2.05, 4.69) is 0 Å². The summed E-state index contributed by atoms with van der Waals surface area (Å²) in [7, 11) is 0. The van der Waals surface area contributed by atoms with Gasteiger partial charge in [0, 0.05) is 0 Å². The van der Waals surface area contributed by atoms with Gasteiger partial charge in [-0.05, 0) is 30.3 Å². The van der Waals surface area contributed by atoms with Crippen LogP contribution in [0, 0.1) is 5.82 Å². The Morgan fingerprint density at radius 1 is 1.25 bits per heavy atom. The second-order valence-corrected chi connectivity index (χ2v) is 5.21. The Hall–Kier alpha value is -1.57. The molecule has 110 valence electrons. The fourth-order valence-electron chi connectivity index (χ4n) is 1.63. The van der Waals surface area contributed by atoms with Gasteiger partial charge in [0.1, 0.15) is 5.82 Å². The van der Waals surface area contributed by atoms with E-state index in [1.165, 1.54) is 12.1 Å². The summed E-state index contributed by atoms with van der Waals surface area (Å²) in [6.45, 7) is 1.13. The lowest BCUT2D eigenvalue weighted by Crippen LogP contribution is -2.45. The maximum Gasteiger partial charge on any atom is 0.443 e. The lowest BCUT2D eigenvalue weighted by atomic mass is 9.94. The summed E-state index contributed by atoms with van der Waals surface area (Å²) in [6.07, 6.45) is -0.625. The molecule has 1 atom stereocenters. The summed E-state index contributed by atoms with van der Waals surface area (Å²) < 4.78 is 48.3. The number of thioether (sulfide) groups is 1. The van der Waals surface area contributed by atoms with Crippen LogP contribution in [-0.4, -0.2) is 27.1 Å². The molecule has 20 heavy (non-hydrogen) atoms. The zero-order chi connectivity index (χ0) is 15.6. The Morgan fingerprint density at radius 3 is 2.20 bits per heavy atom. The number of benzene rings is 1. The molecule has 0 aliphatic heterocycles. The molecule has 1 rings (SSSR count). The third-order valence-corrected chi connectivity index (χ3v) is 3.85. The van der Waals surface area contributed by atoms with Crippen LogP contribution in [0.2, 0.25) is 0 Å². The fraction of sp³-hybridized carbons (Fsp3) is 0.333. The van der Waals surface area contributed by atoms with E-state index < -0.39 is 51.6 Å². The molecule has 1 aromatic rings. The Balaban J connectivity index is 3.35.